The molecule has 4 nitrogen and oxygen atoms in total. The molecule has 0 bridgehead atoms. The summed E-state index contributed by atoms with van der Waals surface area (Å²) in [6, 6.07) is 0. The molecule has 1 N–H and O–H groups in total. The molecule has 1 fully saturated rings. The Morgan fingerprint density at radius 3 is 2.85 bits per heavy atom. The number of unbranched alkanes of at least 4 members (excludes halogenated alkanes) is 1. The highest BCUT2D eigenvalue weighted by Gasteiger charge is 2.42. The van der Waals surface area contributed by atoms with Crippen molar-refractivity contribution in [3.8, 4) is 0 Å². The standard InChI is InChI=1S/C9H14O4/c1-2-9(7-13-9)12-6-4-3-5-8(10)11/h2H,1,3-7H2,(H,10,11). The summed E-state index contributed by atoms with van der Waals surface area (Å²) in [7, 11) is 0. The molecule has 0 amide bonds. The van der Waals surface area contributed by atoms with E-state index in [-0.39, 0.29) is 6.42 Å². The van der Waals surface area contributed by atoms with Crippen LogP contribution in [0.15, 0.2) is 12.7 Å². The van der Waals surface area contributed by atoms with Crippen molar-refractivity contribution in [2.24, 2.45) is 0 Å². The lowest BCUT2D eigenvalue weighted by molar-refractivity contribution is -0.137. The summed E-state index contributed by atoms with van der Waals surface area (Å²) in [4.78, 5) is 10.1. The minimum atomic E-state index is -0.763. The molecule has 1 aliphatic heterocycles. The average Bonchev–Trinajstić information content (AvgIpc) is 2.84. The van der Waals surface area contributed by atoms with Gasteiger partial charge < -0.3 is 14.6 Å². The Labute approximate surface area is 77.1 Å². The van der Waals surface area contributed by atoms with Crippen LogP contribution in [0.1, 0.15) is 19.3 Å². The van der Waals surface area contributed by atoms with Crippen molar-refractivity contribution in [3.05, 3.63) is 12.7 Å². The van der Waals surface area contributed by atoms with Gasteiger partial charge in [-0.2, -0.15) is 0 Å². The van der Waals surface area contributed by atoms with Gasteiger partial charge in [0.1, 0.15) is 6.61 Å². The third-order valence-corrected chi connectivity index (χ3v) is 1.87. The first kappa shape index (κ1) is 10.2. The predicted molar refractivity (Wildman–Crippen MR) is 46.3 cm³/mol. The van der Waals surface area contributed by atoms with Crippen LogP contribution >= 0.6 is 0 Å². The van der Waals surface area contributed by atoms with Gasteiger partial charge in [0.15, 0.2) is 0 Å². The highest BCUT2D eigenvalue weighted by molar-refractivity contribution is 5.66. The van der Waals surface area contributed by atoms with Crippen LogP contribution in [0.4, 0.5) is 0 Å². The highest BCUT2D eigenvalue weighted by atomic mass is 16.8. The number of epoxide rings is 1. The van der Waals surface area contributed by atoms with Crippen molar-refractivity contribution in [1.82, 2.24) is 0 Å². The first-order valence-electron chi connectivity index (χ1n) is 4.32. The van der Waals surface area contributed by atoms with Crippen molar-refractivity contribution in [3.63, 3.8) is 0 Å². The molecule has 1 unspecified atom stereocenters. The fourth-order valence-corrected chi connectivity index (χ4v) is 0.954. The van der Waals surface area contributed by atoms with Gasteiger partial charge in [-0.25, -0.2) is 0 Å². The predicted octanol–water partition coefficient (Wildman–Crippen LogP) is 1.17. The largest absolute Gasteiger partial charge is 0.481 e. The van der Waals surface area contributed by atoms with Crippen molar-refractivity contribution < 1.29 is 19.4 Å². The van der Waals surface area contributed by atoms with Gasteiger partial charge in [-0.3, -0.25) is 4.79 Å². The van der Waals surface area contributed by atoms with E-state index >= 15 is 0 Å². The minimum Gasteiger partial charge on any atom is -0.481 e. The second-order valence-electron chi connectivity index (χ2n) is 3.00. The number of hydrogen-bond donors (Lipinski definition) is 1. The van der Waals surface area contributed by atoms with Crippen molar-refractivity contribution in [2.75, 3.05) is 13.2 Å². The summed E-state index contributed by atoms with van der Waals surface area (Å²) in [6.07, 6.45) is 3.21. The van der Waals surface area contributed by atoms with E-state index in [1.54, 1.807) is 6.08 Å². The monoisotopic (exact) mass is 186 g/mol. The topological polar surface area (TPSA) is 59.1 Å². The number of carboxylic acid groups (broad SMARTS) is 1. The second-order valence-corrected chi connectivity index (χ2v) is 3.00. The van der Waals surface area contributed by atoms with Crippen LogP contribution in [0.5, 0.6) is 0 Å². The van der Waals surface area contributed by atoms with E-state index in [1.165, 1.54) is 0 Å². The SMILES string of the molecule is C=CC1(OCCCCC(=O)O)CO1. The summed E-state index contributed by atoms with van der Waals surface area (Å²) in [5, 5.41) is 8.35. The molecule has 0 saturated carbocycles. The summed E-state index contributed by atoms with van der Waals surface area (Å²) in [6.45, 7) is 4.67. The van der Waals surface area contributed by atoms with Gasteiger partial charge in [0.05, 0.1) is 6.61 Å². The van der Waals surface area contributed by atoms with E-state index in [0.717, 1.165) is 6.42 Å². The average molecular weight is 186 g/mol. The molecule has 4 heteroatoms. The van der Waals surface area contributed by atoms with Gasteiger partial charge >= 0.3 is 5.97 Å². The van der Waals surface area contributed by atoms with Gasteiger partial charge in [-0.15, -0.1) is 0 Å². The summed E-state index contributed by atoms with van der Waals surface area (Å²) < 4.78 is 10.4. The summed E-state index contributed by atoms with van der Waals surface area (Å²) in [5.74, 6) is -1.32. The molecule has 0 aromatic rings. The zero-order valence-corrected chi connectivity index (χ0v) is 7.49. The van der Waals surface area contributed by atoms with Crippen LogP contribution in [0, 0.1) is 0 Å². The molecule has 74 valence electrons. The number of rotatable bonds is 7. The molecule has 1 aliphatic rings. The van der Waals surface area contributed by atoms with Crippen LogP contribution in [0.3, 0.4) is 0 Å². The fourth-order valence-electron chi connectivity index (χ4n) is 0.954. The molecule has 0 radical (unpaired) electrons. The zero-order chi connectivity index (χ0) is 9.73. The Balaban J connectivity index is 1.95. The normalized spacial score (nSPS) is 25.5. The second kappa shape index (κ2) is 4.39. The molecular formula is C9H14O4. The van der Waals surface area contributed by atoms with Crippen LogP contribution in [-0.4, -0.2) is 30.1 Å². The van der Waals surface area contributed by atoms with Crippen LogP contribution in [0.25, 0.3) is 0 Å². The Bertz CT molecular complexity index is 196. The highest BCUT2D eigenvalue weighted by Crippen LogP contribution is 2.29. The van der Waals surface area contributed by atoms with E-state index in [1.807, 2.05) is 0 Å². The van der Waals surface area contributed by atoms with Gasteiger partial charge in [0, 0.05) is 6.42 Å². The first-order chi connectivity index (χ1) is 6.18. The molecule has 1 rings (SSSR count). The zero-order valence-electron chi connectivity index (χ0n) is 7.49. The Morgan fingerprint density at radius 2 is 2.38 bits per heavy atom. The van der Waals surface area contributed by atoms with Gasteiger partial charge in [0.25, 0.3) is 0 Å². The molecule has 13 heavy (non-hydrogen) atoms. The van der Waals surface area contributed by atoms with Crippen molar-refractivity contribution in [2.45, 2.75) is 25.0 Å². The van der Waals surface area contributed by atoms with E-state index in [4.69, 9.17) is 14.6 Å². The van der Waals surface area contributed by atoms with Crippen LogP contribution in [0.2, 0.25) is 0 Å². The Hall–Kier alpha value is -0.870. The van der Waals surface area contributed by atoms with E-state index in [2.05, 4.69) is 6.58 Å². The molecule has 1 heterocycles. The van der Waals surface area contributed by atoms with Crippen LogP contribution in [-0.2, 0) is 14.3 Å². The number of hydrogen-bond acceptors (Lipinski definition) is 3. The fraction of sp³-hybridized carbons (Fsp3) is 0.667. The lowest BCUT2D eigenvalue weighted by Crippen LogP contribution is -2.13. The van der Waals surface area contributed by atoms with Crippen LogP contribution < -0.4 is 0 Å². The Kier molecular flexibility index (Phi) is 3.45. The summed E-state index contributed by atoms with van der Waals surface area (Å²) >= 11 is 0. The lowest BCUT2D eigenvalue weighted by Gasteiger charge is -2.07. The first-order valence-corrected chi connectivity index (χ1v) is 4.32. The third kappa shape index (κ3) is 3.57. The molecular weight excluding hydrogens is 172 g/mol. The summed E-state index contributed by atoms with van der Waals surface area (Å²) in [5.41, 5.74) is 0. The molecule has 1 atom stereocenters. The van der Waals surface area contributed by atoms with E-state index in [0.29, 0.717) is 19.6 Å². The molecule has 1 saturated heterocycles. The van der Waals surface area contributed by atoms with E-state index in [9.17, 15) is 4.79 Å². The number of carboxylic acids is 1. The number of aliphatic carboxylic acids is 1. The molecule has 0 aliphatic carbocycles. The minimum absolute atomic E-state index is 0.200. The molecule has 0 aromatic heterocycles. The van der Waals surface area contributed by atoms with Gasteiger partial charge in [-0.1, -0.05) is 6.58 Å². The number of carbonyl (C=O) groups is 1. The number of ether oxygens (including phenoxy) is 2. The van der Waals surface area contributed by atoms with Gasteiger partial charge in [-0.05, 0) is 18.9 Å². The maximum absolute atomic E-state index is 10.1. The van der Waals surface area contributed by atoms with Crippen molar-refractivity contribution >= 4 is 5.97 Å². The quantitative estimate of drug-likeness (QED) is 0.368. The van der Waals surface area contributed by atoms with Gasteiger partial charge in [0.2, 0.25) is 5.79 Å². The van der Waals surface area contributed by atoms with Crippen molar-refractivity contribution in [1.29, 1.82) is 0 Å². The lowest BCUT2D eigenvalue weighted by atomic mass is 10.2. The third-order valence-electron chi connectivity index (χ3n) is 1.87. The molecule has 0 spiro atoms. The molecule has 0 aromatic carbocycles. The van der Waals surface area contributed by atoms with E-state index < -0.39 is 11.8 Å². The maximum atomic E-state index is 10.1. The maximum Gasteiger partial charge on any atom is 0.303 e. The Morgan fingerprint density at radius 1 is 1.69 bits per heavy atom. The smallest absolute Gasteiger partial charge is 0.303 e.